The van der Waals surface area contributed by atoms with Crippen LogP contribution in [0.2, 0.25) is 0 Å². The number of hydrogen-bond donors (Lipinski definition) is 0. The van der Waals surface area contributed by atoms with Gasteiger partial charge >= 0.3 is 11.9 Å². The number of ether oxygens (including phenoxy) is 2. The monoisotopic (exact) mass is 394 g/mol. The number of carbonyl (C=O) groups excluding carboxylic acids is 2. The van der Waals surface area contributed by atoms with Crippen molar-refractivity contribution in [1.82, 2.24) is 29.2 Å². The number of aryl methyl sites for hydroxylation is 2. The van der Waals surface area contributed by atoms with E-state index in [-0.39, 0.29) is 13.2 Å². The molecule has 0 aromatic carbocycles. The molecule has 0 aliphatic rings. The van der Waals surface area contributed by atoms with Crippen LogP contribution in [0.25, 0.3) is 11.3 Å². The molecule has 0 fully saturated rings. The normalized spacial score (nSPS) is 11.1. The summed E-state index contributed by atoms with van der Waals surface area (Å²) in [6.45, 7) is 3.64. The summed E-state index contributed by atoms with van der Waals surface area (Å²) in [6.07, 6.45) is 6.95. The molecule has 0 amide bonds. The van der Waals surface area contributed by atoms with Gasteiger partial charge in [-0.3, -0.25) is 0 Å². The summed E-state index contributed by atoms with van der Waals surface area (Å²) in [5.41, 5.74) is 2.62. The van der Waals surface area contributed by atoms with Gasteiger partial charge in [-0.2, -0.15) is 10.2 Å². The fraction of sp³-hybridized carbons (Fsp3) is 0.263. The van der Waals surface area contributed by atoms with Crippen LogP contribution in [0.3, 0.4) is 0 Å². The Kier molecular flexibility index (Phi) is 4.90. The molecule has 0 aliphatic heterocycles. The molecule has 4 aromatic heterocycles. The molecule has 10 nitrogen and oxygen atoms in total. The van der Waals surface area contributed by atoms with Gasteiger partial charge in [-0.05, 0) is 26.0 Å². The number of aromatic nitrogens is 6. The summed E-state index contributed by atoms with van der Waals surface area (Å²) < 4.78 is 13.6. The van der Waals surface area contributed by atoms with Crippen LogP contribution in [0, 0.1) is 13.8 Å². The first-order chi connectivity index (χ1) is 14.1. The number of hydrogen-bond acceptors (Lipinski definition) is 8. The van der Waals surface area contributed by atoms with Gasteiger partial charge in [0.15, 0.2) is 11.3 Å². The fourth-order valence-electron chi connectivity index (χ4n) is 3.00. The lowest BCUT2D eigenvalue weighted by Crippen LogP contribution is -2.12. The lowest BCUT2D eigenvalue weighted by molar-refractivity contribution is 0.0397. The molecule has 0 radical (unpaired) electrons. The van der Waals surface area contributed by atoms with Gasteiger partial charge < -0.3 is 9.47 Å². The molecule has 29 heavy (non-hydrogen) atoms. The lowest BCUT2D eigenvalue weighted by atomic mass is 10.2. The van der Waals surface area contributed by atoms with Crippen molar-refractivity contribution in [1.29, 1.82) is 0 Å². The Balaban J connectivity index is 1.32. The number of carbonyl (C=O) groups is 2. The van der Waals surface area contributed by atoms with Gasteiger partial charge in [0.25, 0.3) is 0 Å². The summed E-state index contributed by atoms with van der Waals surface area (Å²) in [5.74, 6) is -1.02. The number of nitrogens with zero attached hydrogens (tertiary/aromatic N) is 6. The molecular weight excluding hydrogens is 376 g/mol. The highest BCUT2D eigenvalue weighted by atomic mass is 16.5. The molecule has 0 aliphatic carbocycles. The van der Waals surface area contributed by atoms with E-state index in [1.165, 1.54) is 9.03 Å². The number of rotatable bonds is 6. The van der Waals surface area contributed by atoms with E-state index in [2.05, 4.69) is 20.2 Å². The van der Waals surface area contributed by atoms with Crippen molar-refractivity contribution in [2.75, 3.05) is 13.2 Å². The smallest absolute Gasteiger partial charge is 0.343 e. The van der Waals surface area contributed by atoms with Gasteiger partial charge in [-0.25, -0.2) is 28.6 Å². The molecule has 0 unspecified atom stereocenters. The van der Waals surface area contributed by atoms with Crippen LogP contribution in [0.1, 0.15) is 38.5 Å². The van der Waals surface area contributed by atoms with Crippen molar-refractivity contribution >= 4 is 23.2 Å². The largest absolute Gasteiger partial charge is 0.462 e. The van der Waals surface area contributed by atoms with Crippen molar-refractivity contribution in [3.05, 3.63) is 59.4 Å². The van der Waals surface area contributed by atoms with Crippen molar-refractivity contribution in [3.8, 4) is 0 Å². The van der Waals surface area contributed by atoms with Crippen molar-refractivity contribution < 1.29 is 19.1 Å². The van der Waals surface area contributed by atoms with Crippen LogP contribution in [0.5, 0.6) is 0 Å². The van der Waals surface area contributed by atoms with Crippen molar-refractivity contribution in [3.63, 3.8) is 0 Å². The Morgan fingerprint density at radius 1 is 0.828 bits per heavy atom. The van der Waals surface area contributed by atoms with E-state index in [0.29, 0.717) is 40.2 Å². The predicted octanol–water partition coefficient (Wildman–Crippen LogP) is 1.79. The third kappa shape index (κ3) is 3.51. The van der Waals surface area contributed by atoms with Crippen LogP contribution in [0.15, 0.2) is 36.9 Å². The Labute approximate surface area is 165 Å². The molecule has 148 valence electrons. The Bertz CT molecular complexity index is 1120. The lowest BCUT2D eigenvalue weighted by Gasteiger charge is -2.06. The average Bonchev–Trinajstić information content (AvgIpc) is 3.22. The van der Waals surface area contributed by atoms with E-state index in [1.54, 1.807) is 50.8 Å². The zero-order chi connectivity index (χ0) is 20.4. The number of fused-ring (bicyclic) bond motifs is 2. The molecule has 10 heteroatoms. The fourth-order valence-corrected chi connectivity index (χ4v) is 3.00. The third-order valence-electron chi connectivity index (χ3n) is 4.30. The average molecular weight is 394 g/mol. The van der Waals surface area contributed by atoms with E-state index in [1.807, 2.05) is 0 Å². The van der Waals surface area contributed by atoms with E-state index in [0.717, 1.165) is 0 Å². The summed E-state index contributed by atoms with van der Waals surface area (Å²) in [4.78, 5) is 33.1. The van der Waals surface area contributed by atoms with Crippen molar-refractivity contribution in [2.45, 2.75) is 20.3 Å². The number of esters is 2. The standard InChI is InChI=1S/C19H18N6O4/c1-12-14(16-20-6-3-8-24(16)22-12)18(26)28-10-5-11-29-19(27)15-13(2)23-25-9-4-7-21-17(15)25/h3-4,6-9H,5,10-11H2,1-2H3. The molecule has 0 N–H and O–H groups in total. The van der Waals surface area contributed by atoms with E-state index < -0.39 is 11.9 Å². The molecule has 0 atom stereocenters. The topological polar surface area (TPSA) is 113 Å². The van der Waals surface area contributed by atoms with Gasteiger partial charge in [-0.15, -0.1) is 0 Å². The van der Waals surface area contributed by atoms with E-state index in [9.17, 15) is 9.59 Å². The summed E-state index contributed by atoms with van der Waals surface area (Å²) >= 11 is 0. The minimum Gasteiger partial charge on any atom is -0.462 e. The zero-order valence-corrected chi connectivity index (χ0v) is 15.9. The molecule has 4 rings (SSSR count). The maximum Gasteiger partial charge on any atom is 0.343 e. The first-order valence-corrected chi connectivity index (χ1v) is 9.00. The molecule has 0 saturated carbocycles. The minimum absolute atomic E-state index is 0.0989. The molecular formula is C19H18N6O4. The van der Waals surface area contributed by atoms with Crippen LogP contribution in [-0.4, -0.2) is 54.3 Å². The first kappa shape index (κ1) is 18.5. The first-order valence-electron chi connectivity index (χ1n) is 9.00. The summed E-state index contributed by atoms with van der Waals surface area (Å²) in [7, 11) is 0. The van der Waals surface area contributed by atoms with Crippen LogP contribution in [0.4, 0.5) is 0 Å². The molecule has 0 saturated heterocycles. The summed E-state index contributed by atoms with van der Waals surface area (Å²) in [5, 5.41) is 8.47. The van der Waals surface area contributed by atoms with Gasteiger partial charge in [0, 0.05) is 31.2 Å². The third-order valence-corrected chi connectivity index (χ3v) is 4.30. The molecule has 4 aromatic rings. The van der Waals surface area contributed by atoms with Gasteiger partial charge in [-0.1, -0.05) is 0 Å². The van der Waals surface area contributed by atoms with Crippen LogP contribution in [-0.2, 0) is 9.47 Å². The SMILES string of the molecule is Cc1nn2cccnc2c1C(=O)OCCCOC(=O)c1c(C)nn2cccnc12. The second kappa shape index (κ2) is 7.66. The Morgan fingerprint density at radius 3 is 1.72 bits per heavy atom. The van der Waals surface area contributed by atoms with Gasteiger partial charge in [0.1, 0.15) is 11.1 Å². The molecule has 0 spiro atoms. The maximum absolute atomic E-state index is 12.4. The highest BCUT2D eigenvalue weighted by Gasteiger charge is 2.21. The highest BCUT2D eigenvalue weighted by Crippen LogP contribution is 2.15. The van der Waals surface area contributed by atoms with E-state index >= 15 is 0 Å². The van der Waals surface area contributed by atoms with Crippen molar-refractivity contribution in [2.24, 2.45) is 0 Å². The predicted molar refractivity (Wildman–Crippen MR) is 101 cm³/mol. The van der Waals surface area contributed by atoms with Gasteiger partial charge in [0.05, 0.1) is 24.6 Å². The Morgan fingerprint density at radius 2 is 1.28 bits per heavy atom. The van der Waals surface area contributed by atoms with Crippen LogP contribution < -0.4 is 0 Å². The minimum atomic E-state index is -0.509. The molecule has 0 bridgehead atoms. The highest BCUT2D eigenvalue weighted by molar-refractivity contribution is 5.97. The second-order valence-corrected chi connectivity index (χ2v) is 6.32. The maximum atomic E-state index is 12.4. The second-order valence-electron chi connectivity index (χ2n) is 6.32. The van der Waals surface area contributed by atoms with Gasteiger partial charge in [0.2, 0.25) is 0 Å². The summed E-state index contributed by atoms with van der Waals surface area (Å²) in [6, 6.07) is 3.45. The zero-order valence-electron chi connectivity index (χ0n) is 15.9. The van der Waals surface area contributed by atoms with E-state index in [4.69, 9.17) is 9.47 Å². The quantitative estimate of drug-likeness (QED) is 0.359. The Hall–Kier alpha value is -3.82. The van der Waals surface area contributed by atoms with Crippen LogP contribution >= 0.6 is 0 Å². The molecule has 4 heterocycles.